The van der Waals surface area contributed by atoms with E-state index in [0.29, 0.717) is 27.1 Å². The van der Waals surface area contributed by atoms with E-state index >= 15 is 0 Å². The van der Waals surface area contributed by atoms with Crippen molar-refractivity contribution < 1.29 is 14.3 Å². The fourth-order valence-corrected chi connectivity index (χ4v) is 5.22. The number of carbonyl (C=O) groups excluding carboxylic acids is 2. The van der Waals surface area contributed by atoms with Gasteiger partial charge in [-0.25, -0.2) is 0 Å². The molecule has 0 N–H and O–H groups in total. The number of halogens is 2. The lowest BCUT2D eigenvalue weighted by atomic mass is 10.1. The highest BCUT2D eigenvalue weighted by molar-refractivity contribution is 8.18. The van der Waals surface area contributed by atoms with Crippen LogP contribution < -0.4 is 4.74 Å². The fraction of sp³-hybridized carbons (Fsp3) is 0.0714. The van der Waals surface area contributed by atoms with Gasteiger partial charge in [-0.1, -0.05) is 83.9 Å². The summed E-state index contributed by atoms with van der Waals surface area (Å²) in [6.07, 6.45) is 1.70. The largest absolute Gasteiger partial charge is 0.489 e. The molecule has 1 saturated heterocycles. The van der Waals surface area contributed by atoms with Crippen molar-refractivity contribution in [3.05, 3.63) is 117 Å². The third-order valence-electron chi connectivity index (χ3n) is 5.70. The van der Waals surface area contributed by atoms with Gasteiger partial charge < -0.3 is 4.74 Å². The van der Waals surface area contributed by atoms with Crippen LogP contribution in [0.4, 0.5) is 4.79 Å². The summed E-state index contributed by atoms with van der Waals surface area (Å²) in [6, 6.07) is 26.9. The molecule has 2 amide bonds. The Balaban J connectivity index is 1.27. The van der Waals surface area contributed by atoms with Crippen LogP contribution >= 0.6 is 35.0 Å². The lowest BCUT2D eigenvalue weighted by Gasteiger charge is -2.14. The maximum Gasteiger partial charge on any atom is 0.293 e. The van der Waals surface area contributed by atoms with Crippen LogP contribution in [0.5, 0.6) is 5.75 Å². The number of imide groups is 1. The van der Waals surface area contributed by atoms with Crippen LogP contribution in [-0.2, 0) is 17.9 Å². The molecule has 0 saturated carbocycles. The molecule has 1 aliphatic rings. The molecule has 4 nitrogen and oxygen atoms in total. The normalized spacial score (nSPS) is 14.8. The molecule has 1 heterocycles. The zero-order valence-corrected chi connectivity index (χ0v) is 20.7. The summed E-state index contributed by atoms with van der Waals surface area (Å²) in [6.45, 7) is 0.478. The number of hydrogen-bond donors (Lipinski definition) is 0. The Morgan fingerprint density at radius 3 is 2.29 bits per heavy atom. The molecule has 5 rings (SSSR count). The van der Waals surface area contributed by atoms with Gasteiger partial charge >= 0.3 is 0 Å². The second kappa shape index (κ2) is 10.2. The van der Waals surface area contributed by atoms with Crippen LogP contribution in [0.25, 0.3) is 16.8 Å². The van der Waals surface area contributed by atoms with Gasteiger partial charge in [0.25, 0.3) is 11.1 Å². The minimum Gasteiger partial charge on any atom is -0.489 e. The van der Waals surface area contributed by atoms with Crippen molar-refractivity contribution in [2.45, 2.75) is 13.2 Å². The number of benzene rings is 4. The maximum atomic E-state index is 12.9. The summed E-state index contributed by atoms with van der Waals surface area (Å²) in [7, 11) is 0. The van der Waals surface area contributed by atoms with Crippen LogP contribution in [-0.4, -0.2) is 16.0 Å². The van der Waals surface area contributed by atoms with Gasteiger partial charge in [0.2, 0.25) is 0 Å². The number of fused-ring (bicyclic) bond motifs is 1. The van der Waals surface area contributed by atoms with Crippen molar-refractivity contribution in [1.29, 1.82) is 0 Å². The zero-order chi connectivity index (χ0) is 24.4. The predicted octanol–water partition coefficient (Wildman–Crippen LogP) is 7.96. The molecular formula is C28H19Cl2NO3S. The second-order valence-electron chi connectivity index (χ2n) is 7.96. The number of amides is 2. The molecule has 4 aromatic rings. The van der Waals surface area contributed by atoms with Crippen molar-refractivity contribution in [3.8, 4) is 5.75 Å². The van der Waals surface area contributed by atoms with Crippen molar-refractivity contribution in [1.82, 2.24) is 4.90 Å². The highest BCUT2D eigenvalue weighted by atomic mass is 35.5. The SMILES string of the molecule is O=C1S/C(=C/c2ccc(OCc3cccc4ccccc34)cc2)C(=O)N1Cc1c(Cl)cccc1Cl. The van der Waals surface area contributed by atoms with Gasteiger partial charge in [-0.05, 0) is 64.0 Å². The van der Waals surface area contributed by atoms with Gasteiger partial charge in [-0.3, -0.25) is 14.5 Å². The number of hydrogen-bond acceptors (Lipinski definition) is 4. The molecule has 0 atom stereocenters. The van der Waals surface area contributed by atoms with Crippen LogP contribution in [0.1, 0.15) is 16.7 Å². The minimum atomic E-state index is -0.368. The van der Waals surface area contributed by atoms with E-state index < -0.39 is 0 Å². The summed E-state index contributed by atoms with van der Waals surface area (Å²) in [5, 5.41) is 2.82. The molecule has 0 spiro atoms. The molecule has 0 radical (unpaired) electrons. The molecule has 0 aliphatic carbocycles. The summed E-state index contributed by atoms with van der Waals surface area (Å²) in [5.74, 6) is 0.351. The third-order valence-corrected chi connectivity index (χ3v) is 7.32. The highest BCUT2D eigenvalue weighted by Gasteiger charge is 2.35. The number of ether oxygens (including phenoxy) is 1. The fourth-order valence-electron chi connectivity index (χ4n) is 3.87. The Bertz CT molecular complexity index is 1440. The molecule has 4 aromatic carbocycles. The maximum absolute atomic E-state index is 12.9. The molecule has 0 bridgehead atoms. The molecule has 1 fully saturated rings. The van der Waals surface area contributed by atoms with Gasteiger partial charge in [-0.2, -0.15) is 0 Å². The smallest absolute Gasteiger partial charge is 0.293 e. The van der Waals surface area contributed by atoms with Crippen LogP contribution in [0.3, 0.4) is 0 Å². The van der Waals surface area contributed by atoms with E-state index in [9.17, 15) is 9.59 Å². The summed E-state index contributed by atoms with van der Waals surface area (Å²) >= 11 is 13.3. The molecule has 7 heteroatoms. The van der Waals surface area contributed by atoms with Gasteiger partial charge in [-0.15, -0.1) is 0 Å². The van der Waals surface area contributed by atoms with Gasteiger partial charge in [0.05, 0.1) is 11.4 Å². The molecule has 1 aliphatic heterocycles. The summed E-state index contributed by atoms with van der Waals surface area (Å²) in [5.41, 5.74) is 2.45. The zero-order valence-electron chi connectivity index (χ0n) is 18.4. The molecule has 0 unspecified atom stereocenters. The first-order chi connectivity index (χ1) is 17.0. The quantitative estimate of drug-likeness (QED) is 0.242. The number of rotatable bonds is 6. The Morgan fingerprint density at radius 1 is 0.829 bits per heavy atom. The van der Waals surface area contributed by atoms with Crippen molar-refractivity contribution in [2.24, 2.45) is 0 Å². The van der Waals surface area contributed by atoms with Crippen molar-refractivity contribution in [3.63, 3.8) is 0 Å². The van der Waals surface area contributed by atoms with E-state index in [2.05, 4.69) is 24.3 Å². The van der Waals surface area contributed by atoms with Gasteiger partial charge in [0.1, 0.15) is 12.4 Å². The minimum absolute atomic E-state index is 0.0292. The Kier molecular flexibility index (Phi) is 6.82. The topological polar surface area (TPSA) is 46.6 Å². The first-order valence-corrected chi connectivity index (χ1v) is 12.4. The Hall–Kier alpha value is -3.25. The highest BCUT2D eigenvalue weighted by Crippen LogP contribution is 2.35. The van der Waals surface area contributed by atoms with Crippen LogP contribution in [0.2, 0.25) is 10.0 Å². The second-order valence-corrected chi connectivity index (χ2v) is 9.77. The van der Waals surface area contributed by atoms with E-state index in [0.717, 1.165) is 33.5 Å². The average molecular weight is 520 g/mol. The summed E-state index contributed by atoms with van der Waals surface area (Å²) < 4.78 is 5.99. The van der Waals surface area contributed by atoms with E-state index in [1.54, 1.807) is 24.3 Å². The Labute approximate surface area is 217 Å². The lowest BCUT2D eigenvalue weighted by molar-refractivity contribution is -0.123. The van der Waals surface area contributed by atoms with Crippen LogP contribution in [0, 0.1) is 0 Å². The Morgan fingerprint density at radius 2 is 1.51 bits per heavy atom. The predicted molar refractivity (Wildman–Crippen MR) is 143 cm³/mol. The van der Waals surface area contributed by atoms with E-state index in [4.69, 9.17) is 27.9 Å². The van der Waals surface area contributed by atoms with Crippen molar-refractivity contribution in [2.75, 3.05) is 0 Å². The lowest BCUT2D eigenvalue weighted by Crippen LogP contribution is -2.27. The molecule has 174 valence electrons. The number of nitrogens with zero attached hydrogens (tertiary/aromatic N) is 1. The monoisotopic (exact) mass is 519 g/mol. The van der Waals surface area contributed by atoms with E-state index in [-0.39, 0.29) is 17.7 Å². The van der Waals surface area contributed by atoms with Crippen molar-refractivity contribution >= 4 is 63.0 Å². The number of thioether (sulfide) groups is 1. The van der Waals surface area contributed by atoms with E-state index in [1.165, 1.54) is 10.8 Å². The number of carbonyl (C=O) groups is 2. The van der Waals surface area contributed by atoms with Gasteiger partial charge in [0.15, 0.2) is 0 Å². The van der Waals surface area contributed by atoms with Crippen LogP contribution in [0.15, 0.2) is 89.8 Å². The van der Waals surface area contributed by atoms with Gasteiger partial charge in [0, 0.05) is 15.6 Å². The molecule has 35 heavy (non-hydrogen) atoms. The first kappa shape index (κ1) is 23.5. The first-order valence-electron chi connectivity index (χ1n) is 10.9. The molecule has 0 aromatic heterocycles. The third kappa shape index (κ3) is 5.08. The average Bonchev–Trinajstić information content (AvgIpc) is 3.13. The van der Waals surface area contributed by atoms with E-state index in [1.807, 2.05) is 42.5 Å². The molecular weight excluding hydrogens is 501 g/mol. The standard InChI is InChI=1S/C28H19Cl2NO3S/c29-24-9-4-10-25(30)23(24)16-31-27(32)26(35-28(31)33)15-18-11-13-21(14-12-18)34-17-20-7-3-6-19-5-1-2-8-22(19)20/h1-15H,16-17H2/b26-15+. The summed E-state index contributed by atoms with van der Waals surface area (Å²) in [4.78, 5) is 26.9.